The molecule has 2 rings (SSSR count). The summed E-state index contributed by atoms with van der Waals surface area (Å²) in [5.41, 5.74) is -0.225. The molecule has 2 fully saturated rings. The van der Waals surface area contributed by atoms with Crippen molar-refractivity contribution in [2.45, 2.75) is 44.8 Å². The summed E-state index contributed by atoms with van der Waals surface area (Å²) < 4.78 is 5.38. The summed E-state index contributed by atoms with van der Waals surface area (Å²) in [7, 11) is 0. The van der Waals surface area contributed by atoms with E-state index in [1.165, 1.54) is 12.8 Å². The van der Waals surface area contributed by atoms with Crippen LogP contribution in [0.4, 0.5) is 4.79 Å². The summed E-state index contributed by atoms with van der Waals surface area (Å²) >= 11 is 5.83. The van der Waals surface area contributed by atoms with Crippen molar-refractivity contribution in [1.82, 2.24) is 9.80 Å². The van der Waals surface area contributed by atoms with Crippen molar-refractivity contribution < 1.29 is 9.53 Å². The molecule has 0 N–H and O–H groups in total. The predicted molar refractivity (Wildman–Crippen MR) is 72.1 cm³/mol. The van der Waals surface area contributed by atoms with Gasteiger partial charge in [0.05, 0.1) is 5.54 Å². The number of carbonyl (C=O) groups is 1. The molecule has 5 heteroatoms. The first kappa shape index (κ1) is 13.9. The summed E-state index contributed by atoms with van der Waals surface area (Å²) in [6.07, 6.45) is 2.19. The number of halogens is 1. The standard InChI is InChI=1S/C13H23ClN2O2/c1-12(2,3)18-11(17)15-9-13(10-15)5-4-7-16(13)8-6-14/h4-10H2,1-3H3. The Labute approximate surface area is 114 Å². The maximum Gasteiger partial charge on any atom is 0.410 e. The highest BCUT2D eigenvalue weighted by Gasteiger charge is 2.52. The van der Waals surface area contributed by atoms with E-state index in [0.29, 0.717) is 5.88 Å². The van der Waals surface area contributed by atoms with E-state index in [1.807, 2.05) is 20.8 Å². The highest BCUT2D eigenvalue weighted by molar-refractivity contribution is 6.18. The largest absolute Gasteiger partial charge is 0.444 e. The monoisotopic (exact) mass is 274 g/mol. The zero-order chi connectivity index (χ0) is 13.4. The molecule has 1 spiro atoms. The van der Waals surface area contributed by atoms with E-state index >= 15 is 0 Å². The minimum atomic E-state index is -0.411. The normalized spacial score (nSPS) is 23.2. The van der Waals surface area contributed by atoms with Crippen molar-refractivity contribution in [2.75, 3.05) is 32.1 Å². The number of hydrogen-bond donors (Lipinski definition) is 0. The van der Waals surface area contributed by atoms with Crippen LogP contribution in [0.2, 0.25) is 0 Å². The van der Waals surface area contributed by atoms with E-state index in [1.54, 1.807) is 4.90 Å². The van der Waals surface area contributed by atoms with E-state index in [2.05, 4.69) is 4.90 Å². The fourth-order valence-electron chi connectivity index (χ4n) is 2.92. The molecule has 0 unspecified atom stereocenters. The van der Waals surface area contributed by atoms with Crippen LogP contribution in [0.15, 0.2) is 0 Å². The van der Waals surface area contributed by atoms with Crippen LogP contribution in [0.5, 0.6) is 0 Å². The number of carbonyl (C=O) groups excluding carboxylic acids is 1. The highest BCUT2D eigenvalue weighted by atomic mass is 35.5. The van der Waals surface area contributed by atoms with E-state index < -0.39 is 5.60 Å². The quantitative estimate of drug-likeness (QED) is 0.725. The molecule has 2 aliphatic rings. The van der Waals surface area contributed by atoms with Crippen molar-refractivity contribution >= 4 is 17.7 Å². The Morgan fingerprint density at radius 2 is 2.06 bits per heavy atom. The molecule has 0 bridgehead atoms. The number of nitrogens with zero attached hydrogens (tertiary/aromatic N) is 2. The van der Waals surface area contributed by atoms with Gasteiger partial charge in [0.25, 0.3) is 0 Å². The zero-order valence-corrected chi connectivity index (χ0v) is 12.3. The Bertz CT molecular complexity index is 321. The van der Waals surface area contributed by atoms with Gasteiger partial charge in [-0.1, -0.05) is 0 Å². The number of alkyl halides is 1. The summed E-state index contributed by atoms with van der Waals surface area (Å²) in [6.45, 7) is 9.30. The van der Waals surface area contributed by atoms with Crippen molar-refractivity contribution in [3.8, 4) is 0 Å². The van der Waals surface area contributed by atoms with Crippen LogP contribution >= 0.6 is 11.6 Å². The van der Waals surface area contributed by atoms with Gasteiger partial charge in [0.1, 0.15) is 5.60 Å². The molecule has 18 heavy (non-hydrogen) atoms. The molecule has 1 amide bonds. The summed E-state index contributed by atoms with van der Waals surface area (Å²) in [4.78, 5) is 16.1. The molecular weight excluding hydrogens is 252 g/mol. The van der Waals surface area contributed by atoms with Crippen molar-refractivity contribution in [1.29, 1.82) is 0 Å². The third-order valence-corrected chi connectivity index (χ3v) is 3.89. The lowest BCUT2D eigenvalue weighted by atomic mass is 9.87. The lowest BCUT2D eigenvalue weighted by molar-refractivity contribution is -0.0464. The predicted octanol–water partition coefficient (Wildman–Crippen LogP) is 2.31. The van der Waals surface area contributed by atoms with Crippen molar-refractivity contribution in [2.24, 2.45) is 0 Å². The second-order valence-electron chi connectivity index (χ2n) is 6.34. The third-order valence-electron chi connectivity index (χ3n) is 3.72. The van der Waals surface area contributed by atoms with Crippen molar-refractivity contribution in [3.05, 3.63) is 0 Å². The summed E-state index contributed by atoms with van der Waals surface area (Å²) in [5.74, 6) is 0.661. The maximum atomic E-state index is 11.9. The van der Waals surface area contributed by atoms with Gasteiger partial charge in [0, 0.05) is 25.5 Å². The van der Waals surface area contributed by atoms with E-state index in [9.17, 15) is 4.79 Å². The number of hydrogen-bond acceptors (Lipinski definition) is 3. The fraction of sp³-hybridized carbons (Fsp3) is 0.923. The average molecular weight is 275 g/mol. The number of ether oxygens (including phenoxy) is 1. The molecular formula is C13H23ClN2O2. The van der Waals surface area contributed by atoms with Gasteiger partial charge in [0.2, 0.25) is 0 Å². The van der Waals surface area contributed by atoms with Crippen LogP contribution in [0.25, 0.3) is 0 Å². The lowest BCUT2D eigenvalue weighted by Gasteiger charge is -2.52. The Kier molecular flexibility index (Phi) is 3.79. The van der Waals surface area contributed by atoms with Crippen LogP contribution in [0.3, 0.4) is 0 Å². The number of likely N-dealkylation sites (tertiary alicyclic amines) is 2. The van der Waals surface area contributed by atoms with E-state index in [0.717, 1.165) is 26.2 Å². The Balaban J connectivity index is 1.87. The molecule has 0 aliphatic carbocycles. The van der Waals surface area contributed by atoms with Gasteiger partial charge in [-0.25, -0.2) is 4.79 Å². The SMILES string of the molecule is CC(C)(C)OC(=O)N1CC2(CCCN2CCCl)C1. The second kappa shape index (κ2) is 4.89. The molecule has 2 aliphatic heterocycles. The molecule has 4 nitrogen and oxygen atoms in total. The van der Waals surface area contributed by atoms with Gasteiger partial charge < -0.3 is 9.64 Å². The second-order valence-corrected chi connectivity index (χ2v) is 6.72. The van der Waals surface area contributed by atoms with Gasteiger partial charge in [-0.2, -0.15) is 0 Å². The Morgan fingerprint density at radius 3 is 2.61 bits per heavy atom. The molecule has 0 aromatic rings. The minimum absolute atomic E-state index is 0.186. The molecule has 104 valence electrons. The molecule has 2 heterocycles. The lowest BCUT2D eigenvalue weighted by Crippen LogP contribution is -2.69. The Morgan fingerprint density at radius 1 is 1.39 bits per heavy atom. The van der Waals surface area contributed by atoms with Gasteiger partial charge >= 0.3 is 6.09 Å². The number of amides is 1. The topological polar surface area (TPSA) is 32.8 Å². The van der Waals surface area contributed by atoms with Gasteiger partial charge in [-0.15, -0.1) is 11.6 Å². The molecule has 2 saturated heterocycles. The van der Waals surface area contributed by atoms with Crippen LogP contribution in [0.1, 0.15) is 33.6 Å². The van der Waals surface area contributed by atoms with Gasteiger partial charge in [-0.3, -0.25) is 4.90 Å². The molecule has 0 atom stereocenters. The first-order valence-corrected chi connectivity index (χ1v) is 7.19. The molecule has 0 aromatic carbocycles. The van der Waals surface area contributed by atoms with Crippen LogP contribution in [0, 0.1) is 0 Å². The first-order chi connectivity index (χ1) is 8.36. The van der Waals surface area contributed by atoms with Gasteiger partial charge in [-0.05, 0) is 40.2 Å². The van der Waals surface area contributed by atoms with Crippen LogP contribution in [-0.4, -0.2) is 59.1 Å². The van der Waals surface area contributed by atoms with Gasteiger partial charge in [0.15, 0.2) is 0 Å². The van der Waals surface area contributed by atoms with Crippen LogP contribution < -0.4 is 0 Å². The third kappa shape index (κ3) is 2.75. The Hall–Kier alpha value is -0.480. The smallest absolute Gasteiger partial charge is 0.410 e. The fourth-order valence-corrected chi connectivity index (χ4v) is 3.13. The number of rotatable bonds is 2. The minimum Gasteiger partial charge on any atom is -0.444 e. The molecule has 0 saturated carbocycles. The maximum absolute atomic E-state index is 11.9. The van der Waals surface area contributed by atoms with Crippen molar-refractivity contribution in [3.63, 3.8) is 0 Å². The van der Waals surface area contributed by atoms with E-state index in [-0.39, 0.29) is 11.6 Å². The zero-order valence-electron chi connectivity index (χ0n) is 11.5. The molecule has 0 radical (unpaired) electrons. The molecule has 0 aromatic heterocycles. The van der Waals surface area contributed by atoms with E-state index in [4.69, 9.17) is 16.3 Å². The first-order valence-electron chi connectivity index (χ1n) is 6.65. The summed E-state index contributed by atoms with van der Waals surface area (Å²) in [6, 6.07) is 0. The highest BCUT2D eigenvalue weighted by Crippen LogP contribution is 2.38. The van der Waals surface area contributed by atoms with Crippen LogP contribution in [-0.2, 0) is 4.74 Å². The average Bonchev–Trinajstić information content (AvgIpc) is 2.56. The summed E-state index contributed by atoms with van der Waals surface area (Å²) in [5, 5.41) is 0.